The van der Waals surface area contributed by atoms with Gasteiger partial charge < -0.3 is 24.5 Å². The van der Waals surface area contributed by atoms with Crippen LogP contribution in [0.2, 0.25) is 0 Å². The van der Waals surface area contributed by atoms with E-state index in [4.69, 9.17) is 4.74 Å². The summed E-state index contributed by atoms with van der Waals surface area (Å²) in [6.07, 6.45) is 8.65. The van der Waals surface area contributed by atoms with Crippen LogP contribution < -0.4 is 9.64 Å². The lowest BCUT2D eigenvalue weighted by Gasteiger charge is -2.40. The summed E-state index contributed by atoms with van der Waals surface area (Å²) in [4.78, 5) is 49.4. The standard InChI is InChI=1S/C35H41N3O5S/c1-23(2)20-26(22-39)38-30-33(42)37(25-12-14-27(43-4)15-13-25)19-9-17-35(30)29(32(38)41)28-31(40)36(18-8-16-34(28,3)44-35)21-24-10-6-5-7-11-24/h5-17,23,26,28-30,39H,18-22H2,1-4H3/t26-,28+,29+,30?,34-,35+/m1/s1. The number of anilines is 1. The Balaban J connectivity index is 1.45. The number of hydrogen-bond acceptors (Lipinski definition) is 6. The predicted molar refractivity (Wildman–Crippen MR) is 172 cm³/mol. The summed E-state index contributed by atoms with van der Waals surface area (Å²) < 4.78 is 3.66. The minimum atomic E-state index is -0.977. The van der Waals surface area contributed by atoms with Gasteiger partial charge in [-0.3, -0.25) is 14.4 Å². The maximum atomic E-state index is 14.8. The number of amides is 3. The number of benzene rings is 2. The Morgan fingerprint density at radius 1 is 0.932 bits per heavy atom. The molecule has 2 saturated heterocycles. The molecule has 44 heavy (non-hydrogen) atoms. The Bertz CT molecular complexity index is 1480. The van der Waals surface area contributed by atoms with Crippen LogP contribution in [0.3, 0.4) is 0 Å². The van der Waals surface area contributed by atoms with Gasteiger partial charge in [0.15, 0.2) is 0 Å². The average Bonchev–Trinajstić information content (AvgIpc) is 3.29. The summed E-state index contributed by atoms with van der Waals surface area (Å²) in [6, 6.07) is 15.8. The van der Waals surface area contributed by atoms with Crippen molar-refractivity contribution in [1.29, 1.82) is 0 Å². The van der Waals surface area contributed by atoms with Crippen LogP contribution in [-0.2, 0) is 20.9 Å². The zero-order valence-electron chi connectivity index (χ0n) is 25.8. The second-order valence-corrected chi connectivity index (χ2v) is 14.7. The molecule has 3 amide bonds. The molecule has 2 fully saturated rings. The van der Waals surface area contributed by atoms with Gasteiger partial charge in [0, 0.05) is 30.1 Å². The molecule has 6 rings (SSSR count). The molecule has 2 aromatic carbocycles. The quantitative estimate of drug-likeness (QED) is 0.446. The van der Waals surface area contributed by atoms with E-state index < -0.39 is 33.4 Å². The summed E-state index contributed by atoms with van der Waals surface area (Å²) in [5, 5.41) is 10.6. The summed E-state index contributed by atoms with van der Waals surface area (Å²) in [7, 11) is 1.60. The van der Waals surface area contributed by atoms with Gasteiger partial charge in [-0.05, 0) is 49.1 Å². The number of carbonyl (C=O) groups excluding carboxylic acids is 3. The number of rotatable bonds is 8. The van der Waals surface area contributed by atoms with Crippen molar-refractivity contribution in [3.05, 3.63) is 84.5 Å². The maximum Gasteiger partial charge on any atom is 0.251 e. The monoisotopic (exact) mass is 615 g/mol. The molecule has 6 atom stereocenters. The predicted octanol–water partition coefficient (Wildman–Crippen LogP) is 4.29. The second kappa shape index (κ2) is 11.7. The van der Waals surface area contributed by atoms with Gasteiger partial charge in [0.2, 0.25) is 11.8 Å². The third-order valence-electron chi connectivity index (χ3n) is 9.53. The van der Waals surface area contributed by atoms with E-state index in [0.29, 0.717) is 37.5 Å². The van der Waals surface area contributed by atoms with E-state index in [0.717, 1.165) is 5.56 Å². The molecule has 1 unspecified atom stereocenters. The van der Waals surface area contributed by atoms with Gasteiger partial charge in [0.25, 0.3) is 5.91 Å². The minimum absolute atomic E-state index is 0.0776. The van der Waals surface area contributed by atoms with Crippen molar-refractivity contribution in [2.24, 2.45) is 17.8 Å². The first-order chi connectivity index (χ1) is 21.1. The van der Waals surface area contributed by atoms with E-state index in [1.807, 2.05) is 98.5 Å². The highest BCUT2D eigenvalue weighted by Gasteiger charge is 2.74. The van der Waals surface area contributed by atoms with Crippen molar-refractivity contribution >= 4 is 35.2 Å². The number of hydrogen-bond donors (Lipinski definition) is 1. The minimum Gasteiger partial charge on any atom is -0.497 e. The van der Waals surface area contributed by atoms with Crippen LogP contribution in [0, 0.1) is 17.8 Å². The molecule has 0 saturated carbocycles. The Morgan fingerprint density at radius 2 is 1.64 bits per heavy atom. The largest absolute Gasteiger partial charge is 0.497 e. The number of carbonyl (C=O) groups is 3. The maximum absolute atomic E-state index is 14.8. The average molecular weight is 616 g/mol. The van der Waals surface area contributed by atoms with E-state index in [2.05, 4.69) is 6.08 Å². The number of nitrogens with zero attached hydrogens (tertiary/aromatic N) is 3. The lowest BCUT2D eigenvalue weighted by atomic mass is 9.74. The zero-order valence-corrected chi connectivity index (χ0v) is 26.6. The number of thioether (sulfide) groups is 1. The molecule has 2 aromatic rings. The van der Waals surface area contributed by atoms with Gasteiger partial charge in [0.1, 0.15) is 11.8 Å². The summed E-state index contributed by atoms with van der Waals surface area (Å²) in [5.41, 5.74) is 1.72. The van der Waals surface area contributed by atoms with Crippen molar-refractivity contribution in [2.75, 3.05) is 31.7 Å². The topological polar surface area (TPSA) is 90.4 Å². The summed E-state index contributed by atoms with van der Waals surface area (Å²) >= 11 is 1.57. The lowest BCUT2D eigenvalue weighted by molar-refractivity contribution is -0.145. The molecule has 4 heterocycles. The molecule has 232 valence electrons. The first kappa shape index (κ1) is 30.5. The van der Waals surface area contributed by atoms with Crippen molar-refractivity contribution < 1.29 is 24.2 Å². The highest BCUT2D eigenvalue weighted by molar-refractivity contribution is 8.02. The van der Waals surface area contributed by atoms with Gasteiger partial charge in [0.05, 0.1) is 36.3 Å². The first-order valence-electron chi connectivity index (χ1n) is 15.4. The van der Waals surface area contributed by atoms with Gasteiger partial charge >= 0.3 is 0 Å². The van der Waals surface area contributed by atoms with Gasteiger partial charge in [-0.2, -0.15) is 0 Å². The van der Waals surface area contributed by atoms with Crippen LogP contribution in [0.25, 0.3) is 0 Å². The molecule has 0 radical (unpaired) electrons. The molecule has 1 spiro atoms. The summed E-state index contributed by atoms with van der Waals surface area (Å²) in [5.74, 6) is -1.06. The molecule has 0 aliphatic carbocycles. The van der Waals surface area contributed by atoms with Crippen molar-refractivity contribution in [1.82, 2.24) is 9.80 Å². The molecule has 8 nitrogen and oxygen atoms in total. The number of aliphatic hydroxyl groups is 1. The molecule has 4 aliphatic rings. The molecule has 0 bridgehead atoms. The Hall–Kier alpha value is -3.56. The smallest absolute Gasteiger partial charge is 0.251 e. The SMILES string of the molecule is COc1ccc(N2CC=C[C@]34S[C@]5(C)C=CCN(Cc6ccccc6)C(=O)[C@@H]5[C@H]3C(=O)N([C@@H](CO)CC(C)C)C4C2=O)cc1. The highest BCUT2D eigenvalue weighted by atomic mass is 32.2. The molecular weight excluding hydrogens is 574 g/mol. The van der Waals surface area contributed by atoms with Crippen LogP contribution in [0.1, 0.15) is 32.8 Å². The fourth-order valence-electron chi connectivity index (χ4n) is 7.66. The number of methoxy groups -OCH3 is 1. The number of ether oxygens (including phenoxy) is 1. The molecule has 9 heteroatoms. The van der Waals surface area contributed by atoms with Crippen molar-refractivity contribution in [3.8, 4) is 5.75 Å². The van der Waals surface area contributed by atoms with Crippen LogP contribution >= 0.6 is 11.8 Å². The summed E-state index contributed by atoms with van der Waals surface area (Å²) in [6.45, 7) is 7.09. The number of aliphatic hydroxyl groups excluding tert-OH is 1. The van der Waals surface area contributed by atoms with Crippen LogP contribution in [0.5, 0.6) is 5.75 Å². The van der Waals surface area contributed by atoms with E-state index >= 15 is 0 Å². The zero-order chi connectivity index (χ0) is 31.2. The third kappa shape index (κ3) is 4.94. The first-order valence-corrected chi connectivity index (χ1v) is 16.2. The van der Waals surface area contributed by atoms with Gasteiger partial charge in [-0.1, -0.05) is 68.5 Å². The molecule has 4 aliphatic heterocycles. The normalized spacial score (nSPS) is 30.3. The van der Waals surface area contributed by atoms with Crippen molar-refractivity contribution in [2.45, 2.75) is 55.3 Å². The van der Waals surface area contributed by atoms with E-state index in [1.165, 1.54) is 0 Å². The Labute approximate surface area is 263 Å². The lowest BCUT2D eigenvalue weighted by Crippen LogP contribution is -2.57. The van der Waals surface area contributed by atoms with Crippen LogP contribution in [0.4, 0.5) is 5.69 Å². The molecule has 1 N–H and O–H groups in total. The second-order valence-electron chi connectivity index (χ2n) is 12.9. The van der Waals surface area contributed by atoms with Crippen LogP contribution in [-0.4, -0.2) is 81.0 Å². The molecule has 0 aromatic heterocycles. The Morgan fingerprint density at radius 3 is 2.30 bits per heavy atom. The highest BCUT2D eigenvalue weighted by Crippen LogP contribution is 2.66. The third-order valence-corrected chi connectivity index (χ3v) is 11.3. The van der Waals surface area contributed by atoms with Gasteiger partial charge in [-0.15, -0.1) is 11.8 Å². The van der Waals surface area contributed by atoms with E-state index in [1.54, 1.807) is 28.7 Å². The number of fused-ring (bicyclic) bond motifs is 2. The number of likely N-dealkylation sites (tertiary alicyclic amines) is 1. The van der Waals surface area contributed by atoms with Gasteiger partial charge in [-0.25, -0.2) is 0 Å². The fraction of sp³-hybridized carbons (Fsp3) is 0.457. The van der Waals surface area contributed by atoms with Crippen molar-refractivity contribution in [3.63, 3.8) is 0 Å². The van der Waals surface area contributed by atoms with E-state index in [-0.39, 0.29) is 30.2 Å². The fourth-order valence-corrected chi connectivity index (χ4v) is 9.81. The Kier molecular flexibility index (Phi) is 8.13. The van der Waals surface area contributed by atoms with E-state index in [9.17, 15) is 19.5 Å². The molecular formula is C35H41N3O5S. The van der Waals surface area contributed by atoms with Crippen LogP contribution in [0.15, 0.2) is 78.9 Å².